The van der Waals surface area contributed by atoms with Crippen LogP contribution in [0.5, 0.6) is 11.5 Å². The Kier molecular flexibility index (Phi) is 7.16. The molecule has 0 aliphatic rings. The minimum Gasteiger partial charge on any atom is -0.490 e. The van der Waals surface area contributed by atoms with Crippen LogP contribution in [-0.4, -0.2) is 24.0 Å². The molecule has 2 aromatic rings. The SMILES string of the molecule is CCCOc1ccc(NC(=O)c2cc([N+](=O)[O-])ccc2C)cc1OCCC. The van der Waals surface area contributed by atoms with Gasteiger partial charge in [0.1, 0.15) is 0 Å². The van der Waals surface area contributed by atoms with Crippen LogP contribution in [0.1, 0.15) is 42.6 Å². The predicted octanol–water partition coefficient (Wildman–Crippen LogP) is 4.73. The summed E-state index contributed by atoms with van der Waals surface area (Å²) in [6.45, 7) is 6.85. The van der Waals surface area contributed by atoms with Gasteiger partial charge in [-0.2, -0.15) is 0 Å². The molecule has 0 bridgehead atoms. The number of carbonyl (C=O) groups is 1. The normalized spacial score (nSPS) is 10.3. The molecule has 0 fully saturated rings. The summed E-state index contributed by atoms with van der Waals surface area (Å²) in [4.78, 5) is 23.0. The fourth-order valence-corrected chi connectivity index (χ4v) is 2.41. The Balaban J connectivity index is 2.24. The third-order valence-electron chi connectivity index (χ3n) is 3.80. The van der Waals surface area contributed by atoms with Crippen LogP contribution in [0.15, 0.2) is 36.4 Å². The van der Waals surface area contributed by atoms with Gasteiger partial charge in [0.05, 0.1) is 18.1 Å². The number of hydrogen-bond acceptors (Lipinski definition) is 5. The van der Waals surface area contributed by atoms with Crippen LogP contribution in [0.3, 0.4) is 0 Å². The van der Waals surface area contributed by atoms with E-state index in [1.54, 1.807) is 31.2 Å². The van der Waals surface area contributed by atoms with Crippen LogP contribution in [0.4, 0.5) is 11.4 Å². The van der Waals surface area contributed by atoms with E-state index in [-0.39, 0.29) is 11.3 Å². The van der Waals surface area contributed by atoms with Gasteiger partial charge in [0.2, 0.25) is 0 Å². The van der Waals surface area contributed by atoms with Gasteiger partial charge in [-0.3, -0.25) is 14.9 Å². The van der Waals surface area contributed by atoms with Crippen molar-refractivity contribution in [3.63, 3.8) is 0 Å². The lowest BCUT2D eigenvalue weighted by molar-refractivity contribution is -0.384. The molecule has 0 saturated heterocycles. The number of rotatable bonds is 9. The number of nitro groups is 1. The molecule has 27 heavy (non-hydrogen) atoms. The maximum atomic E-state index is 12.6. The number of non-ortho nitro benzene ring substituents is 1. The Morgan fingerprint density at radius 1 is 1.04 bits per heavy atom. The molecule has 2 aromatic carbocycles. The van der Waals surface area contributed by atoms with Crippen molar-refractivity contribution in [2.24, 2.45) is 0 Å². The van der Waals surface area contributed by atoms with Crippen LogP contribution in [0, 0.1) is 17.0 Å². The van der Waals surface area contributed by atoms with Crippen molar-refractivity contribution < 1.29 is 19.2 Å². The Labute approximate surface area is 158 Å². The molecule has 1 N–H and O–H groups in total. The van der Waals surface area contributed by atoms with Crippen LogP contribution < -0.4 is 14.8 Å². The van der Waals surface area contributed by atoms with Gasteiger partial charge in [-0.1, -0.05) is 19.9 Å². The van der Waals surface area contributed by atoms with E-state index in [1.807, 2.05) is 13.8 Å². The number of anilines is 1. The summed E-state index contributed by atoms with van der Waals surface area (Å²) in [6, 6.07) is 9.38. The molecule has 144 valence electrons. The highest BCUT2D eigenvalue weighted by Gasteiger charge is 2.16. The van der Waals surface area contributed by atoms with Gasteiger partial charge in [-0.25, -0.2) is 0 Å². The average molecular weight is 372 g/mol. The first kappa shape index (κ1) is 20.2. The second kappa shape index (κ2) is 9.56. The molecule has 0 saturated carbocycles. The van der Waals surface area contributed by atoms with E-state index in [4.69, 9.17) is 9.47 Å². The molecule has 0 atom stereocenters. The Hall–Kier alpha value is -3.09. The molecule has 0 aliphatic heterocycles. The van der Waals surface area contributed by atoms with Gasteiger partial charge < -0.3 is 14.8 Å². The minimum atomic E-state index is -0.521. The number of nitrogens with zero attached hydrogens (tertiary/aromatic N) is 1. The Morgan fingerprint density at radius 2 is 1.70 bits per heavy atom. The number of aryl methyl sites for hydroxylation is 1. The third-order valence-corrected chi connectivity index (χ3v) is 3.80. The average Bonchev–Trinajstić information content (AvgIpc) is 2.65. The van der Waals surface area contributed by atoms with Crippen LogP contribution >= 0.6 is 0 Å². The zero-order valence-corrected chi connectivity index (χ0v) is 15.8. The zero-order chi connectivity index (χ0) is 19.8. The monoisotopic (exact) mass is 372 g/mol. The topological polar surface area (TPSA) is 90.7 Å². The standard InChI is InChI=1S/C20H24N2O5/c1-4-10-26-18-9-7-15(12-19(18)27-11-5-2)21-20(23)17-13-16(22(24)25)8-6-14(17)3/h6-9,12-13H,4-5,10-11H2,1-3H3,(H,21,23). The largest absolute Gasteiger partial charge is 0.490 e. The van der Waals surface area contributed by atoms with E-state index in [9.17, 15) is 14.9 Å². The first-order chi connectivity index (χ1) is 13.0. The molecular formula is C20H24N2O5. The number of nitro benzene ring substituents is 1. The summed E-state index contributed by atoms with van der Waals surface area (Å²) in [6.07, 6.45) is 1.72. The van der Waals surface area contributed by atoms with Gasteiger partial charge in [-0.15, -0.1) is 0 Å². The van der Waals surface area contributed by atoms with E-state index in [0.717, 1.165) is 12.8 Å². The summed E-state index contributed by atoms with van der Waals surface area (Å²) < 4.78 is 11.4. The quantitative estimate of drug-likeness (QED) is 0.507. The highest BCUT2D eigenvalue weighted by molar-refractivity contribution is 6.05. The fourth-order valence-electron chi connectivity index (χ4n) is 2.41. The number of hydrogen-bond donors (Lipinski definition) is 1. The lowest BCUT2D eigenvalue weighted by Crippen LogP contribution is -2.14. The highest BCUT2D eigenvalue weighted by atomic mass is 16.6. The summed E-state index contributed by atoms with van der Waals surface area (Å²) in [5.74, 6) is 0.758. The number of benzene rings is 2. The third kappa shape index (κ3) is 5.44. The first-order valence-corrected chi connectivity index (χ1v) is 8.92. The minimum absolute atomic E-state index is 0.124. The summed E-state index contributed by atoms with van der Waals surface area (Å²) in [5.41, 5.74) is 1.32. The molecule has 7 nitrogen and oxygen atoms in total. The van der Waals surface area contributed by atoms with Gasteiger partial charge >= 0.3 is 0 Å². The molecule has 7 heteroatoms. The molecule has 1 amide bonds. The second-order valence-corrected chi connectivity index (χ2v) is 6.07. The van der Waals surface area contributed by atoms with Crippen LogP contribution in [0.2, 0.25) is 0 Å². The molecular weight excluding hydrogens is 348 g/mol. The van der Waals surface area contributed by atoms with Gasteiger partial charge in [0.25, 0.3) is 11.6 Å². The summed E-state index contributed by atoms with van der Waals surface area (Å²) >= 11 is 0. The molecule has 2 rings (SSSR count). The van der Waals surface area contributed by atoms with E-state index in [0.29, 0.717) is 36.0 Å². The van der Waals surface area contributed by atoms with Gasteiger partial charge in [0, 0.05) is 29.4 Å². The number of amides is 1. The number of nitrogens with one attached hydrogen (secondary N) is 1. The molecule has 0 spiro atoms. The predicted molar refractivity (Wildman–Crippen MR) is 104 cm³/mol. The van der Waals surface area contributed by atoms with Crippen molar-refractivity contribution in [3.8, 4) is 11.5 Å². The lowest BCUT2D eigenvalue weighted by atomic mass is 10.1. The maximum absolute atomic E-state index is 12.6. The fraction of sp³-hybridized carbons (Fsp3) is 0.350. The van der Waals surface area contributed by atoms with Crippen molar-refractivity contribution in [2.45, 2.75) is 33.6 Å². The summed E-state index contributed by atoms with van der Waals surface area (Å²) in [7, 11) is 0. The van der Waals surface area contributed by atoms with Gasteiger partial charge in [0.15, 0.2) is 11.5 Å². The highest BCUT2D eigenvalue weighted by Crippen LogP contribution is 2.31. The number of carbonyl (C=O) groups excluding carboxylic acids is 1. The molecule has 0 radical (unpaired) electrons. The van der Waals surface area contributed by atoms with Crippen molar-refractivity contribution in [1.29, 1.82) is 0 Å². The van der Waals surface area contributed by atoms with E-state index in [2.05, 4.69) is 5.32 Å². The second-order valence-electron chi connectivity index (χ2n) is 6.07. The number of ether oxygens (including phenoxy) is 2. The Bertz CT molecular complexity index is 820. The smallest absolute Gasteiger partial charge is 0.270 e. The Morgan fingerprint density at radius 3 is 2.33 bits per heavy atom. The van der Waals surface area contributed by atoms with Crippen molar-refractivity contribution in [2.75, 3.05) is 18.5 Å². The maximum Gasteiger partial charge on any atom is 0.270 e. The first-order valence-electron chi connectivity index (χ1n) is 8.92. The van der Waals surface area contributed by atoms with E-state index in [1.165, 1.54) is 12.1 Å². The molecule has 0 aliphatic carbocycles. The van der Waals surface area contributed by atoms with E-state index >= 15 is 0 Å². The van der Waals surface area contributed by atoms with E-state index < -0.39 is 10.8 Å². The lowest BCUT2D eigenvalue weighted by Gasteiger charge is -2.14. The zero-order valence-electron chi connectivity index (χ0n) is 15.8. The molecule has 0 heterocycles. The van der Waals surface area contributed by atoms with Crippen molar-refractivity contribution in [1.82, 2.24) is 0 Å². The van der Waals surface area contributed by atoms with Crippen molar-refractivity contribution >= 4 is 17.3 Å². The van der Waals surface area contributed by atoms with Crippen LogP contribution in [-0.2, 0) is 0 Å². The molecule has 0 unspecified atom stereocenters. The van der Waals surface area contributed by atoms with Crippen molar-refractivity contribution in [3.05, 3.63) is 57.6 Å². The van der Waals surface area contributed by atoms with Crippen LogP contribution in [0.25, 0.3) is 0 Å². The molecule has 0 aromatic heterocycles. The van der Waals surface area contributed by atoms with Gasteiger partial charge in [-0.05, 0) is 37.5 Å². The summed E-state index contributed by atoms with van der Waals surface area (Å²) in [5, 5.41) is 13.7.